The van der Waals surface area contributed by atoms with Crippen LogP contribution in [0.3, 0.4) is 0 Å². The number of carbonyl (C=O) groups is 1. The van der Waals surface area contributed by atoms with E-state index in [1.54, 1.807) is 11.7 Å². The Hall–Kier alpha value is -2.42. The van der Waals surface area contributed by atoms with Gasteiger partial charge in [-0.1, -0.05) is 11.8 Å². The van der Waals surface area contributed by atoms with Crippen molar-refractivity contribution in [3.8, 4) is 0 Å². The normalized spacial score (nSPS) is 10.5. The van der Waals surface area contributed by atoms with Crippen molar-refractivity contribution in [2.75, 3.05) is 0 Å². The zero-order chi connectivity index (χ0) is 14.9. The van der Waals surface area contributed by atoms with Gasteiger partial charge in [0.1, 0.15) is 21.8 Å². The third-order valence-corrected chi connectivity index (χ3v) is 3.48. The lowest BCUT2D eigenvalue weighted by Crippen LogP contribution is -2.04. The topological polar surface area (TPSA) is 111 Å². The number of aryl methyl sites for hydroxylation is 2. The molecular formula is C11H10N4O4S. The van der Waals surface area contributed by atoms with Crippen molar-refractivity contribution in [1.29, 1.82) is 0 Å². The first-order chi connectivity index (χ1) is 9.38. The van der Waals surface area contributed by atoms with Crippen LogP contribution in [0, 0.1) is 17.0 Å². The number of hydrogen-bond donors (Lipinski definition) is 1. The van der Waals surface area contributed by atoms with E-state index in [4.69, 9.17) is 5.11 Å². The average molecular weight is 294 g/mol. The molecule has 1 N–H and O–H groups in total. The summed E-state index contributed by atoms with van der Waals surface area (Å²) in [6.45, 7) is 1.83. The first-order valence-electron chi connectivity index (χ1n) is 5.44. The van der Waals surface area contributed by atoms with Gasteiger partial charge in [-0.2, -0.15) is 5.10 Å². The van der Waals surface area contributed by atoms with Crippen molar-refractivity contribution < 1.29 is 14.8 Å². The molecular weight excluding hydrogens is 284 g/mol. The SMILES string of the molecule is Cc1cc(Sc2cc(C(=O)O)c([N+](=O)[O-])cn2)n(C)n1. The molecule has 2 aromatic rings. The van der Waals surface area contributed by atoms with Gasteiger partial charge < -0.3 is 5.11 Å². The highest BCUT2D eigenvalue weighted by Gasteiger charge is 2.21. The predicted octanol–water partition coefficient (Wildman–Crippen LogP) is 1.88. The van der Waals surface area contributed by atoms with Gasteiger partial charge in [-0.3, -0.25) is 14.8 Å². The van der Waals surface area contributed by atoms with E-state index in [0.717, 1.165) is 16.9 Å². The van der Waals surface area contributed by atoms with Gasteiger partial charge in [0.2, 0.25) is 0 Å². The molecule has 0 aromatic carbocycles. The second-order valence-electron chi connectivity index (χ2n) is 3.95. The van der Waals surface area contributed by atoms with E-state index < -0.39 is 16.6 Å². The van der Waals surface area contributed by atoms with Crippen molar-refractivity contribution in [3.05, 3.63) is 39.7 Å². The molecule has 0 amide bonds. The standard InChI is InChI=1S/C11H10N4O4S/c1-6-3-10(14(2)13-6)20-9-4-7(11(16)17)8(5-12-9)15(18)19/h3-5H,1-2H3,(H,16,17). The lowest BCUT2D eigenvalue weighted by atomic mass is 10.2. The van der Waals surface area contributed by atoms with Crippen molar-refractivity contribution in [1.82, 2.24) is 14.8 Å². The van der Waals surface area contributed by atoms with E-state index >= 15 is 0 Å². The number of pyridine rings is 1. The highest BCUT2D eigenvalue weighted by atomic mass is 32.2. The molecule has 0 radical (unpaired) electrons. The Morgan fingerprint density at radius 3 is 2.70 bits per heavy atom. The Bertz CT molecular complexity index is 698. The second-order valence-corrected chi connectivity index (χ2v) is 4.99. The van der Waals surface area contributed by atoms with E-state index in [9.17, 15) is 14.9 Å². The van der Waals surface area contributed by atoms with Crippen LogP contribution in [0.15, 0.2) is 28.4 Å². The van der Waals surface area contributed by atoms with Gasteiger partial charge in [-0.15, -0.1) is 0 Å². The Kier molecular flexibility index (Phi) is 3.70. The Morgan fingerprint density at radius 2 is 2.20 bits per heavy atom. The molecule has 104 valence electrons. The van der Waals surface area contributed by atoms with Gasteiger partial charge in [0, 0.05) is 7.05 Å². The summed E-state index contributed by atoms with van der Waals surface area (Å²) < 4.78 is 1.63. The molecule has 2 rings (SSSR count). The van der Waals surface area contributed by atoms with Crippen LogP contribution >= 0.6 is 11.8 Å². The summed E-state index contributed by atoms with van der Waals surface area (Å²) in [4.78, 5) is 24.9. The van der Waals surface area contributed by atoms with Crippen LogP contribution in [-0.4, -0.2) is 30.8 Å². The number of aromatic nitrogens is 3. The van der Waals surface area contributed by atoms with Gasteiger partial charge in [-0.25, -0.2) is 9.78 Å². The Balaban J connectivity index is 2.39. The minimum atomic E-state index is -1.36. The minimum Gasteiger partial charge on any atom is -0.477 e. The molecule has 2 heterocycles. The number of nitrogens with zero attached hydrogens (tertiary/aromatic N) is 4. The van der Waals surface area contributed by atoms with Gasteiger partial charge in [0.05, 0.1) is 10.6 Å². The number of nitro groups is 1. The molecule has 2 aromatic heterocycles. The molecule has 0 aliphatic heterocycles. The van der Waals surface area contributed by atoms with Crippen LogP contribution in [0.25, 0.3) is 0 Å². The first kappa shape index (κ1) is 14.0. The summed E-state index contributed by atoms with van der Waals surface area (Å²) in [5, 5.41) is 25.0. The summed E-state index contributed by atoms with van der Waals surface area (Å²) in [5.74, 6) is -1.36. The van der Waals surface area contributed by atoms with Crippen LogP contribution in [0.1, 0.15) is 16.1 Å². The van der Waals surface area contributed by atoms with Crippen molar-refractivity contribution in [2.24, 2.45) is 7.05 Å². The summed E-state index contributed by atoms with van der Waals surface area (Å²) in [6, 6.07) is 3.00. The maximum Gasteiger partial charge on any atom is 0.342 e. The van der Waals surface area contributed by atoms with Crippen molar-refractivity contribution >= 4 is 23.4 Å². The summed E-state index contributed by atoms with van der Waals surface area (Å²) in [6.07, 6.45) is 0.953. The lowest BCUT2D eigenvalue weighted by Gasteiger charge is -2.03. The van der Waals surface area contributed by atoms with Crippen molar-refractivity contribution in [2.45, 2.75) is 17.0 Å². The zero-order valence-corrected chi connectivity index (χ0v) is 11.4. The highest BCUT2D eigenvalue weighted by Crippen LogP contribution is 2.29. The van der Waals surface area contributed by atoms with Crippen LogP contribution < -0.4 is 0 Å². The molecule has 0 unspecified atom stereocenters. The lowest BCUT2D eigenvalue weighted by molar-refractivity contribution is -0.385. The van der Waals surface area contributed by atoms with Gasteiger partial charge >= 0.3 is 11.7 Å². The number of hydrogen-bond acceptors (Lipinski definition) is 6. The smallest absolute Gasteiger partial charge is 0.342 e. The number of carboxylic acid groups (broad SMARTS) is 1. The van der Waals surface area contributed by atoms with E-state index in [1.807, 2.05) is 13.0 Å². The van der Waals surface area contributed by atoms with E-state index in [0.29, 0.717) is 5.03 Å². The summed E-state index contributed by atoms with van der Waals surface area (Å²) in [5.41, 5.74) is -0.0928. The molecule has 0 atom stereocenters. The number of rotatable bonds is 4. The van der Waals surface area contributed by atoms with Crippen LogP contribution in [0.4, 0.5) is 5.69 Å². The number of aromatic carboxylic acids is 1. The monoisotopic (exact) mass is 294 g/mol. The largest absolute Gasteiger partial charge is 0.477 e. The molecule has 0 spiro atoms. The molecule has 0 aliphatic carbocycles. The maximum absolute atomic E-state index is 11.0. The predicted molar refractivity (Wildman–Crippen MR) is 69.9 cm³/mol. The Labute approximate surface area is 117 Å². The molecule has 0 saturated carbocycles. The maximum atomic E-state index is 11.0. The third kappa shape index (κ3) is 2.77. The van der Waals surface area contributed by atoms with Crippen LogP contribution in [0.2, 0.25) is 0 Å². The zero-order valence-electron chi connectivity index (χ0n) is 10.6. The summed E-state index contributed by atoms with van der Waals surface area (Å²) >= 11 is 1.19. The van der Waals surface area contributed by atoms with Gasteiger partial charge in [-0.05, 0) is 19.1 Å². The fourth-order valence-corrected chi connectivity index (χ4v) is 2.49. The molecule has 20 heavy (non-hydrogen) atoms. The molecule has 0 fully saturated rings. The highest BCUT2D eigenvalue weighted by molar-refractivity contribution is 7.99. The van der Waals surface area contributed by atoms with Crippen LogP contribution in [-0.2, 0) is 7.05 Å². The average Bonchev–Trinajstić information content (AvgIpc) is 2.67. The Morgan fingerprint density at radius 1 is 1.50 bits per heavy atom. The second kappa shape index (κ2) is 5.29. The molecule has 0 bridgehead atoms. The van der Waals surface area contributed by atoms with E-state index in [2.05, 4.69) is 10.1 Å². The molecule has 0 aliphatic rings. The number of carboxylic acids is 1. The van der Waals surface area contributed by atoms with Gasteiger partial charge in [0.15, 0.2) is 0 Å². The summed E-state index contributed by atoms with van der Waals surface area (Å²) in [7, 11) is 1.75. The minimum absolute atomic E-state index is 0.357. The molecule has 0 saturated heterocycles. The van der Waals surface area contributed by atoms with E-state index in [1.165, 1.54) is 17.8 Å². The fraction of sp³-hybridized carbons (Fsp3) is 0.182. The third-order valence-electron chi connectivity index (χ3n) is 2.45. The molecule has 9 heteroatoms. The fourth-order valence-electron chi connectivity index (χ4n) is 1.59. The van der Waals surface area contributed by atoms with Crippen molar-refractivity contribution in [3.63, 3.8) is 0 Å². The quantitative estimate of drug-likeness (QED) is 0.676. The van der Waals surface area contributed by atoms with Crippen LogP contribution in [0.5, 0.6) is 0 Å². The first-order valence-corrected chi connectivity index (χ1v) is 6.26. The molecule has 8 nitrogen and oxygen atoms in total. The van der Waals surface area contributed by atoms with Gasteiger partial charge in [0.25, 0.3) is 0 Å². The van der Waals surface area contributed by atoms with E-state index in [-0.39, 0.29) is 5.56 Å².